The number of pyridine rings is 1. The summed E-state index contributed by atoms with van der Waals surface area (Å²) in [6.07, 6.45) is -6.99. The van der Waals surface area contributed by atoms with Gasteiger partial charge >= 0.3 is 12.5 Å². The van der Waals surface area contributed by atoms with Gasteiger partial charge in [-0.2, -0.15) is 13.2 Å². The zero-order chi connectivity index (χ0) is 23.7. The highest BCUT2D eigenvalue weighted by Gasteiger charge is 2.32. The van der Waals surface area contributed by atoms with Crippen molar-refractivity contribution in [1.82, 2.24) is 9.97 Å². The van der Waals surface area contributed by atoms with Crippen molar-refractivity contribution in [1.29, 1.82) is 0 Å². The molecule has 3 rings (SSSR count). The molecule has 0 aliphatic carbocycles. The third-order valence-corrected chi connectivity index (χ3v) is 7.09. The fourth-order valence-electron chi connectivity index (χ4n) is 2.52. The molecule has 2 aromatic heterocycles. The largest absolute Gasteiger partial charge is 0.573 e. The average Bonchev–Trinajstić information content (AvgIpc) is 3.14. The maximum absolute atomic E-state index is 13.1. The van der Waals surface area contributed by atoms with Crippen LogP contribution in [0.1, 0.15) is 18.2 Å². The normalized spacial score (nSPS) is 14.0. The molecule has 13 heteroatoms. The first-order chi connectivity index (χ1) is 14.7. The smallest absolute Gasteiger partial charge is 0.406 e. The Labute approximate surface area is 183 Å². The van der Waals surface area contributed by atoms with E-state index in [-0.39, 0.29) is 21.3 Å². The van der Waals surface area contributed by atoms with Crippen LogP contribution in [0.2, 0.25) is 0 Å². The number of thiazole rings is 1. The number of nitrogens with one attached hydrogen (secondary N) is 1. The summed E-state index contributed by atoms with van der Waals surface area (Å²) < 4.78 is 94.5. The summed E-state index contributed by atoms with van der Waals surface area (Å²) in [5.74, 6) is -0.373. The third-order valence-electron chi connectivity index (χ3n) is 4.21. The monoisotopic (exact) mass is 495 g/mol. The van der Waals surface area contributed by atoms with Crippen molar-refractivity contribution in [2.75, 3.05) is 11.0 Å². The predicted octanol–water partition coefficient (Wildman–Crippen LogP) is 5.60. The quantitative estimate of drug-likeness (QED) is 0.284. The second-order valence-corrected chi connectivity index (χ2v) is 9.90. The lowest BCUT2D eigenvalue weighted by atomic mass is 10.2. The molecule has 0 aliphatic rings. The van der Waals surface area contributed by atoms with E-state index in [2.05, 4.69) is 19.4 Å². The van der Waals surface area contributed by atoms with E-state index in [0.29, 0.717) is 11.3 Å². The Hall–Kier alpha value is -2.80. The molecule has 0 bridgehead atoms. The van der Waals surface area contributed by atoms with Crippen molar-refractivity contribution in [2.24, 2.45) is 0 Å². The first-order valence-corrected chi connectivity index (χ1v) is 11.5. The molecule has 0 fully saturated rings. The number of anilines is 1. The minimum absolute atomic E-state index is 0.266. The van der Waals surface area contributed by atoms with Crippen molar-refractivity contribution < 1.29 is 35.3 Å². The van der Waals surface area contributed by atoms with E-state index < -0.39 is 27.9 Å². The number of hydrogen-bond acceptors (Lipinski definition) is 5. The van der Waals surface area contributed by atoms with Gasteiger partial charge in [0.25, 0.3) is 0 Å². The van der Waals surface area contributed by atoms with Gasteiger partial charge in [0.05, 0.1) is 15.4 Å². The minimum Gasteiger partial charge on any atom is -0.406 e. The van der Waals surface area contributed by atoms with Gasteiger partial charge in [-0.25, -0.2) is 9.19 Å². The number of halogens is 6. The highest BCUT2D eigenvalue weighted by Crippen LogP contribution is 2.30. The van der Waals surface area contributed by atoms with Gasteiger partial charge in [-0.1, -0.05) is 6.07 Å². The van der Waals surface area contributed by atoms with Gasteiger partial charge in [0.15, 0.2) is 5.13 Å². The molecule has 2 heterocycles. The summed E-state index contributed by atoms with van der Waals surface area (Å²) >= 11 is 1.11. The molecule has 5 nitrogen and oxygen atoms in total. The van der Waals surface area contributed by atoms with E-state index >= 15 is 0 Å². The second-order valence-electron chi connectivity index (χ2n) is 6.54. The van der Waals surface area contributed by atoms with E-state index in [1.54, 1.807) is 5.38 Å². The lowest BCUT2D eigenvalue weighted by Crippen LogP contribution is -2.20. The van der Waals surface area contributed by atoms with E-state index in [0.717, 1.165) is 35.7 Å². The maximum Gasteiger partial charge on any atom is 0.573 e. The molecule has 0 saturated heterocycles. The molecular weight excluding hydrogens is 480 g/mol. The molecule has 32 heavy (non-hydrogen) atoms. The number of rotatable bonds is 5. The summed E-state index contributed by atoms with van der Waals surface area (Å²) in [4.78, 5) is 7.93. The molecule has 0 spiro atoms. The zero-order valence-corrected chi connectivity index (χ0v) is 18.0. The summed E-state index contributed by atoms with van der Waals surface area (Å²) in [7, 11) is -2.91. The Morgan fingerprint density at radius 2 is 1.72 bits per heavy atom. The third kappa shape index (κ3) is 5.91. The average molecular weight is 495 g/mol. The molecule has 0 radical (unpaired) electrons. The summed E-state index contributed by atoms with van der Waals surface area (Å²) in [5.41, 5.74) is 0.162. The van der Waals surface area contributed by atoms with Crippen molar-refractivity contribution in [3.63, 3.8) is 0 Å². The highest BCUT2D eigenvalue weighted by atomic mass is 32.2. The lowest BCUT2D eigenvalue weighted by Gasteiger charge is -2.12. The van der Waals surface area contributed by atoms with Crippen LogP contribution in [0.25, 0.3) is 11.3 Å². The minimum atomic E-state index is -4.79. The number of hydrogen-bond donors (Lipinski definition) is 1. The standard InChI is InChI=1S/C19H15F6N3O2S2/c1-11(13-5-8-16(26-9-13)18(20,21)22)32(2,29)28-17-27-15(10-31-17)12-3-6-14(7-4-12)30-19(23,24)25/h3-10H,1-2H3,(H,27,28,29). The number of benzene rings is 1. The lowest BCUT2D eigenvalue weighted by molar-refractivity contribution is -0.274. The molecule has 1 aromatic carbocycles. The van der Waals surface area contributed by atoms with Crippen LogP contribution in [0.15, 0.2) is 48.0 Å². The van der Waals surface area contributed by atoms with Crippen molar-refractivity contribution in [2.45, 2.75) is 19.5 Å². The SMILES string of the molecule is CC(c1ccc(C(F)(F)F)nc1)=S(C)(=O)Nc1nc(-c2ccc(OC(F)(F)F)cc2)cs1. The Kier molecular flexibility index (Phi) is 6.43. The first-order valence-electron chi connectivity index (χ1n) is 8.70. The van der Waals surface area contributed by atoms with E-state index in [4.69, 9.17) is 0 Å². The van der Waals surface area contributed by atoms with Gasteiger partial charge in [0.1, 0.15) is 11.4 Å². The number of ether oxygens (including phenoxy) is 1. The number of aromatic nitrogens is 2. The van der Waals surface area contributed by atoms with Crippen molar-refractivity contribution in [3.05, 3.63) is 59.2 Å². The zero-order valence-electron chi connectivity index (χ0n) is 16.4. The number of nitrogens with zero attached hydrogens (tertiary/aromatic N) is 2. The van der Waals surface area contributed by atoms with Gasteiger partial charge in [0.2, 0.25) is 0 Å². The molecule has 1 N–H and O–H groups in total. The van der Waals surface area contributed by atoms with Crippen LogP contribution in [-0.2, 0) is 15.9 Å². The van der Waals surface area contributed by atoms with E-state index in [9.17, 15) is 30.6 Å². The Morgan fingerprint density at radius 3 is 2.25 bits per heavy atom. The van der Waals surface area contributed by atoms with Gasteiger partial charge in [-0.05, 0) is 37.3 Å². The molecule has 0 amide bonds. The van der Waals surface area contributed by atoms with Crippen molar-refractivity contribution >= 4 is 31.0 Å². The molecule has 1 atom stereocenters. The Morgan fingerprint density at radius 1 is 1.06 bits per heavy atom. The predicted molar refractivity (Wildman–Crippen MR) is 111 cm³/mol. The fraction of sp³-hybridized carbons (Fsp3) is 0.211. The van der Waals surface area contributed by atoms with Gasteiger partial charge < -0.3 is 4.74 Å². The summed E-state index contributed by atoms with van der Waals surface area (Å²) in [6.45, 7) is 1.51. The topological polar surface area (TPSA) is 64.1 Å². The van der Waals surface area contributed by atoms with Crippen LogP contribution in [0.5, 0.6) is 5.75 Å². The van der Waals surface area contributed by atoms with Gasteiger partial charge in [0, 0.05) is 33.8 Å². The molecule has 1 unspecified atom stereocenters. The van der Waals surface area contributed by atoms with Crippen LogP contribution in [0.4, 0.5) is 31.5 Å². The Bertz CT molecular complexity index is 1210. The molecule has 172 valence electrons. The van der Waals surface area contributed by atoms with Gasteiger partial charge in [-0.15, -0.1) is 24.5 Å². The van der Waals surface area contributed by atoms with E-state index in [1.165, 1.54) is 31.4 Å². The molecular formula is C19H15F6N3O2S2. The van der Waals surface area contributed by atoms with E-state index in [1.807, 2.05) is 0 Å². The van der Waals surface area contributed by atoms with Crippen LogP contribution in [0, 0.1) is 0 Å². The second kappa shape index (κ2) is 8.62. The van der Waals surface area contributed by atoms with Gasteiger partial charge in [-0.3, -0.25) is 9.71 Å². The van der Waals surface area contributed by atoms with Crippen molar-refractivity contribution in [3.8, 4) is 17.0 Å². The number of alkyl halides is 6. The van der Waals surface area contributed by atoms with Crippen LogP contribution < -0.4 is 9.46 Å². The molecule has 0 aliphatic heterocycles. The van der Waals surface area contributed by atoms with Crippen LogP contribution in [0.3, 0.4) is 0 Å². The first kappa shape index (κ1) is 23.9. The highest BCUT2D eigenvalue weighted by molar-refractivity contribution is 8.03. The Balaban J connectivity index is 1.79. The van der Waals surface area contributed by atoms with Crippen LogP contribution >= 0.6 is 11.3 Å². The summed E-state index contributed by atoms with van der Waals surface area (Å²) in [5, 5.41) is 1.88. The maximum atomic E-state index is 13.1. The van der Waals surface area contributed by atoms with Crippen LogP contribution in [-0.4, -0.2) is 31.7 Å². The summed E-state index contributed by atoms with van der Waals surface area (Å²) in [6, 6.07) is 7.08. The fourth-order valence-corrected chi connectivity index (χ4v) is 4.85. The molecule has 3 aromatic rings. The molecule has 0 saturated carbocycles.